The molecule has 0 saturated carbocycles. The number of hydrogen-bond donors (Lipinski definition) is 2. The predicted molar refractivity (Wildman–Crippen MR) is 194 cm³/mol. The third kappa shape index (κ3) is 19.3. The first-order valence-electron chi connectivity index (χ1n) is 17.1. The molecule has 20 nitrogen and oxygen atoms in total. The molecule has 0 aromatic heterocycles. The molecule has 0 radical (unpaired) electrons. The Morgan fingerprint density at radius 1 is 0.870 bits per heavy atom. The maximum atomic E-state index is 12.9. The third-order valence-electron chi connectivity index (χ3n) is 7.46. The Morgan fingerprint density at radius 3 is 2.00 bits per heavy atom. The van der Waals surface area contributed by atoms with Gasteiger partial charge in [-0.3, -0.25) is 9.59 Å². The molecule has 0 aliphatic carbocycles. The number of carbonyl (C=O) groups excluding carboxylic acids is 3. The zero-order valence-corrected chi connectivity index (χ0v) is 31.0. The van der Waals surface area contributed by atoms with Crippen molar-refractivity contribution in [3.05, 3.63) is 79.9 Å². The van der Waals surface area contributed by atoms with Gasteiger partial charge in [-0.2, -0.15) is 0 Å². The van der Waals surface area contributed by atoms with Crippen LogP contribution in [0.2, 0.25) is 0 Å². The maximum absolute atomic E-state index is 12.9. The molecule has 4 N–H and O–H groups in total. The van der Waals surface area contributed by atoms with Crippen LogP contribution in [0.25, 0.3) is 11.1 Å². The van der Waals surface area contributed by atoms with Crippen LogP contribution >= 0.6 is 0 Å². The highest BCUT2D eigenvalue weighted by Gasteiger charge is 2.22. The molecule has 0 spiro atoms. The largest absolute Gasteiger partial charge is 0.465 e. The minimum Gasteiger partial charge on any atom is -0.465 e. The van der Waals surface area contributed by atoms with E-state index in [4.69, 9.17) is 25.8 Å². The molecular formula is C34H51N7O13. The SMILES string of the molecule is CCCCC(=O)N(Cc1ccc(-c2ccccc2/C(N)=N/N(N)C(=O)OCCOCCO[N+](=O)[O-])cc1)C(C)C(C)C.O=COCCOCCO[N+](=O)[O-]. The van der Waals surface area contributed by atoms with E-state index in [-0.39, 0.29) is 70.6 Å². The van der Waals surface area contributed by atoms with Crippen molar-refractivity contribution in [2.24, 2.45) is 22.6 Å². The summed E-state index contributed by atoms with van der Waals surface area (Å²) in [6, 6.07) is 15.3. The van der Waals surface area contributed by atoms with Crippen molar-refractivity contribution in [3.63, 3.8) is 0 Å². The summed E-state index contributed by atoms with van der Waals surface area (Å²) < 4.78 is 19.1. The summed E-state index contributed by atoms with van der Waals surface area (Å²) in [6.45, 7) is 9.12. The molecule has 2 rings (SSSR count). The topological polar surface area (TPSA) is 264 Å². The highest BCUT2D eigenvalue weighted by Crippen LogP contribution is 2.25. The van der Waals surface area contributed by atoms with E-state index < -0.39 is 16.3 Å². The number of ether oxygens (including phenoxy) is 4. The van der Waals surface area contributed by atoms with Gasteiger partial charge in [0.15, 0.2) is 5.84 Å². The zero-order valence-electron chi connectivity index (χ0n) is 31.0. The number of hydrazone groups is 1. The zero-order chi connectivity index (χ0) is 40.3. The van der Waals surface area contributed by atoms with Crippen LogP contribution in [0, 0.1) is 26.1 Å². The first-order valence-corrected chi connectivity index (χ1v) is 17.1. The molecular weight excluding hydrogens is 714 g/mol. The van der Waals surface area contributed by atoms with E-state index in [1.54, 1.807) is 12.1 Å². The minimum absolute atomic E-state index is 0.000703. The highest BCUT2D eigenvalue weighted by atomic mass is 17.0. The normalized spacial score (nSPS) is 11.4. The molecule has 2 aromatic rings. The summed E-state index contributed by atoms with van der Waals surface area (Å²) >= 11 is 0. The van der Waals surface area contributed by atoms with Gasteiger partial charge in [-0.25, -0.2) is 10.6 Å². The van der Waals surface area contributed by atoms with Crippen LogP contribution in [0.5, 0.6) is 0 Å². The van der Waals surface area contributed by atoms with Crippen molar-refractivity contribution < 1.29 is 53.2 Å². The van der Waals surface area contributed by atoms with Gasteiger partial charge in [0.1, 0.15) is 26.4 Å². The second kappa shape index (κ2) is 27.1. The molecule has 0 bridgehead atoms. The van der Waals surface area contributed by atoms with Crippen molar-refractivity contribution in [1.82, 2.24) is 10.0 Å². The number of amidine groups is 1. The second-order valence-corrected chi connectivity index (χ2v) is 11.6. The van der Waals surface area contributed by atoms with Crippen LogP contribution in [-0.2, 0) is 44.8 Å². The van der Waals surface area contributed by atoms with E-state index in [2.05, 4.69) is 47.2 Å². The van der Waals surface area contributed by atoms with Crippen molar-refractivity contribution in [2.75, 3.05) is 52.9 Å². The summed E-state index contributed by atoms with van der Waals surface area (Å²) in [5.74, 6) is 6.23. The molecule has 20 heteroatoms. The van der Waals surface area contributed by atoms with Crippen LogP contribution in [-0.4, -0.2) is 103 Å². The molecule has 0 aliphatic heterocycles. The third-order valence-corrected chi connectivity index (χ3v) is 7.46. The van der Waals surface area contributed by atoms with E-state index in [1.807, 2.05) is 41.3 Å². The summed E-state index contributed by atoms with van der Waals surface area (Å²) in [6.07, 6.45) is 1.42. The molecule has 2 amide bonds. The van der Waals surface area contributed by atoms with Crippen LogP contribution in [0.4, 0.5) is 4.79 Å². The number of nitrogens with two attached hydrogens (primary N) is 2. The Hall–Kier alpha value is -5.60. The number of rotatable bonds is 25. The Balaban J connectivity index is 0.00000104. The molecule has 2 aromatic carbocycles. The van der Waals surface area contributed by atoms with E-state index in [0.717, 1.165) is 29.5 Å². The molecule has 54 heavy (non-hydrogen) atoms. The summed E-state index contributed by atoms with van der Waals surface area (Å²) in [5.41, 5.74) is 9.45. The fourth-order valence-electron chi connectivity index (χ4n) is 4.40. The van der Waals surface area contributed by atoms with Gasteiger partial charge in [0.2, 0.25) is 5.91 Å². The standard InChI is InChI=1S/C29H42N6O7.C5H9NO6/c1-5-6-11-27(36)33(22(4)21(2)3)20-23-12-14-24(15-13-23)25-9-7-8-10-26(25)28(30)32-34(31)29(37)41-18-16-40-17-19-42-35(38)39;7-5-11-2-1-10-3-4-12-6(8)9/h7-10,12-15,21-22H,5-6,11,16-20,31H2,1-4H3,(H2,30,32);5H,1-4H2. The van der Waals surface area contributed by atoms with Gasteiger partial charge in [-0.05, 0) is 36.0 Å². The Kier molecular flexibility index (Phi) is 23.3. The van der Waals surface area contributed by atoms with E-state index in [1.165, 1.54) is 0 Å². The number of carbonyl (C=O) groups is 3. The van der Waals surface area contributed by atoms with E-state index >= 15 is 0 Å². The lowest BCUT2D eigenvalue weighted by molar-refractivity contribution is -0.758. The first-order chi connectivity index (χ1) is 25.8. The van der Waals surface area contributed by atoms with Gasteiger partial charge in [-0.15, -0.1) is 30.4 Å². The molecule has 0 aliphatic rings. The minimum atomic E-state index is -0.960. The van der Waals surface area contributed by atoms with E-state index in [9.17, 15) is 34.6 Å². The fourth-order valence-corrected chi connectivity index (χ4v) is 4.40. The van der Waals surface area contributed by atoms with Gasteiger partial charge in [0.25, 0.3) is 16.6 Å². The maximum Gasteiger partial charge on any atom is 0.445 e. The Bertz CT molecular complexity index is 1460. The molecule has 1 atom stereocenters. The van der Waals surface area contributed by atoms with Crippen LogP contribution in [0.15, 0.2) is 53.6 Å². The van der Waals surface area contributed by atoms with Crippen molar-refractivity contribution in [2.45, 2.75) is 59.5 Å². The summed E-state index contributed by atoms with van der Waals surface area (Å²) in [4.78, 5) is 64.4. The number of nitrogens with zero attached hydrogens (tertiary/aromatic N) is 5. The van der Waals surface area contributed by atoms with Gasteiger partial charge >= 0.3 is 6.09 Å². The van der Waals surface area contributed by atoms with Gasteiger partial charge < -0.3 is 39.3 Å². The number of amides is 2. The average Bonchev–Trinajstić information content (AvgIpc) is 3.15. The lowest BCUT2D eigenvalue weighted by Crippen LogP contribution is -2.40. The average molecular weight is 766 g/mol. The van der Waals surface area contributed by atoms with Crippen molar-refractivity contribution in [3.8, 4) is 11.1 Å². The predicted octanol–water partition coefficient (Wildman–Crippen LogP) is 3.46. The smallest absolute Gasteiger partial charge is 0.445 e. The summed E-state index contributed by atoms with van der Waals surface area (Å²) in [7, 11) is 0. The Labute approximate surface area is 313 Å². The number of hydrogen-bond acceptors (Lipinski definition) is 15. The molecule has 0 heterocycles. The van der Waals surface area contributed by atoms with E-state index in [0.29, 0.717) is 36.0 Å². The molecule has 0 saturated heterocycles. The molecule has 0 fully saturated rings. The fraction of sp³-hybridized carbons (Fsp3) is 0.529. The number of hydrazine groups is 1. The monoisotopic (exact) mass is 765 g/mol. The highest BCUT2D eigenvalue weighted by molar-refractivity contribution is 6.03. The number of unbranched alkanes of at least 4 members (excludes halogenated alkanes) is 1. The van der Waals surface area contributed by atoms with Gasteiger partial charge in [-0.1, -0.05) is 75.7 Å². The van der Waals surface area contributed by atoms with Crippen LogP contribution in [0.3, 0.4) is 0 Å². The first kappa shape index (κ1) is 46.4. The molecule has 300 valence electrons. The van der Waals surface area contributed by atoms with Crippen molar-refractivity contribution in [1.29, 1.82) is 0 Å². The second-order valence-electron chi connectivity index (χ2n) is 11.6. The Morgan fingerprint density at radius 2 is 1.44 bits per heavy atom. The van der Waals surface area contributed by atoms with Crippen LogP contribution < -0.4 is 11.6 Å². The van der Waals surface area contributed by atoms with Crippen LogP contribution in [0.1, 0.15) is 58.1 Å². The van der Waals surface area contributed by atoms with Gasteiger partial charge in [0.05, 0.1) is 26.4 Å². The summed E-state index contributed by atoms with van der Waals surface area (Å²) in [5, 5.41) is 22.3. The quantitative estimate of drug-likeness (QED) is 0.0214. The number of benzene rings is 2. The van der Waals surface area contributed by atoms with Gasteiger partial charge in [0, 0.05) is 24.6 Å². The molecule has 1 unspecified atom stereocenters. The van der Waals surface area contributed by atoms with Crippen molar-refractivity contribution >= 4 is 24.3 Å². The lowest BCUT2D eigenvalue weighted by atomic mass is 9.97. The lowest BCUT2D eigenvalue weighted by Gasteiger charge is -2.32.